The van der Waals surface area contributed by atoms with E-state index >= 15 is 0 Å². The van der Waals surface area contributed by atoms with Crippen LogP contribution in [0.1, 0.15) is 51.4 Å². The Labute approximate surface area is 116 Å². The number of nitrogens with two attached hydrogens (primary N) is 1. The Kier molecular flexibility index (Phi) is 5.22. The Morgan fingerprint density at radius 2 is 1.79 bits per heavy atom. The zero-order chi connectivity index (χ0) is 13.7. The van der Waals surface area contributed by atoms with E-state index in [2.05, 4.69) is 0 Å². The fraction of sp³-hybridized carbons (Fsp3) is 0.933. The Morgan fingerprint density at radius 1 is 1.21 bits per heavy atom. The van der Waals surface area contributed by atoms with Crippen LogP contribution < -0.4 is 5.73 Å². The molecule has 2 aliphatic rings. The van der Waals surface area contributed by atoms with Gasteiger partial charge in [-0.15, -0.1) is 0 Å². The molecule has 0 bridgehead atoms. The van der Waals surface area contributed by atoms with E-state index in [-0.39, 0.29) is 11.3 Å². The highest BCUT2D eigenvalue weighted by molar-refractivity contribution is 5.83. The van der Waals surface area contributed by atoms with Crippen LogP contribution in [0.15, 0.2) is 0 Å². The maximum Gasteiger partial charge on any atom is 0.230 e. The van der Waals surface area contributed by atoms with Crippen molar-refractivity contribution in [2.45, 2.75) is 57.4 Å². The minimum atomic E-state index is -0.362. The molecule has 110 valence electrons. The topological polar surface area (TPSA) is 55.6 Å². The van der Waals surface area contributed by atoms with Gasteiger partial charge in [-0.05, 0) is 25.7 Å². The standard InChI is InChI=1S/C15H28N2O2/c1-17(13-6-4-2-3-5-7-13)14(18)15(12-16)8-10-19-11-9-15/h13H,2-12,16H2,1H3. The molecule has 0 aromatic heterocycles. The van der Waals surface area contributed by atoms with E-state index < -0.39 is 0 Å². The molecule has 0 spiro atoms. The summed E-state index contributed by atoms with van der Waals surface area (Å²) in [5.74, 6) is 0.255. The number of hydrogen-bond donors (Lipinski definition) is 1. The molecule has 4 heteroatoms. The lowest BCUT2D eigenvalue weighted by molar-refractivity contribution is -0.148. The minimum Gasteiger partial charge on any atom is -0.381 e. The lowest BCUT2D eigenvalue weighted by Crippen LogP contribution is -2.52. The van der Waals surface area contributed by atoms with Crippen LogP contribution in [0, 0.1) is 5.41 Å². The molecule has 1 saturated heterocycles. The van der Waals surface area contributed by atoms with Gasteiger partial charge in [-0.2, -0.15) is 0 Å². The number of ether oxygens (including phenoxy) is 1. The van der Waals surface area contributed by atoms with Crippen molar-refractivity contribution in [2.24, 2.45) is 11.1 Å². The molecule has 4 nitrogen and oxygen atoms in total. The van der Waals surface area contributed by atoms with E-state index in [1.54, 1.807) is 0 Å². The summed E-state index contributed by atoms with van der Waals surface area (Å²) in [6.45, 7) is 1.79. The van der Waals surface area contributed by atoms with Gasteiger partial charge >= 0.3 is 0 Å². The first-order chi connectivity index (χ1) is 9.19. The number of nitrogens with zero attached hydrogens (tertiary/aromatic N) is 1. The highest BCUT2D eigenvalue weighted by Crippen LogP contribution is 2.33. The molecule has 0 atom stereocenters. The number of rotatable bonds is 3. The number of amides is 1. The van der Waals surface area contributed by atoms with Crippen molar-refractivity contribution in [2.75, 3.05) is 26.8 Å². The summed E-state index contributed by atoms with van der Waals surface area (Å²) in [5, 5.41) is 0. The monoisotopic (exact) mass is 268 g/mol. The van der Waals surface area contributed by atoms with Gasteiger partial charge in [0.05, 0.1) is 5.41 Å². The van der Waals surface area contributed by atoms with Crippen LogP contribution in [0.3, 0.4) is 0 Å². The van der Waals surface area contributed by atoms with Gasteiger partial charge < -0.3 is 15.4 Å². The average Bonchev–Trinajstić information content (AvgIpc) is 2.75. The summed E-state index contributed by atoms with van der Waals surface area (Å²) in [5.41, 5.74) is 5.57. The third-order valence-electron chi connectivity index (χ3n) is 4.99. The molecule has 0 radical (unpaired) electrons. The quantitative estimate of drug-likeness (QED) is 0.796. The molecule has 0 aromatic rings. The molecule has 2 N–H and O–H groups in total. The Bertz CT molecular complexity index is 293. The van der Waals surface area contributed by atoms with Gasteiger partial charge in [0.15, 0.2) is 0 Å². The lowest BCUT2D eigenvalue weighted by Gasteiger charge is -2.40. The summed E-state index contributed by atoms with van der Waals surface area (Å²) in [6, 6.07) is 0.418. The largest absolute Gasteiger partial charge is 0.381 e. The lowest BCUT2D eigenvalue weighted by atomic mass is 9.78. The van der Waals surface area contributed by atoms with Crippen LogP contribution in [-0.2, 0) is 9.53 Å². The van der Waals surface area contributed by atoms with Crippen LogP contribution in [0.2, 0.25) is 0 Å². The van der Waals surface area contributed by atoms with E-state index in [4.69, 9.17) is 10.5 Å². The third kappa shape index (κ3) is 3.29. The molecule has 0 unspecified atom stereocenters. The van der Waals surface area contributed by atoms with Crippen LogP contribution in [-0.4, -0.2) is 43.7 Å². The summed E-state index contributed by atoms with van der Waals surface area (Å²) >= 11 is 0. The van der Waals surface area contributed by atoms with Crippen LogP contribution in [0.25, 0.3) is 0 Å². The molecular weight excluding hydrogens is 240 g/mol. The van der Waals surface area contributed by atoms with Gasteiger partial charge in [0.1, 0.15) is 0 Å². The second-order valence-electron chi connectivity index (χ2n) is 6.16. The van der Waals surface area contributed by atoms with Crippen molar-refractivity contribution in [3.8, 4) is 0 Å². The van der Waals surface area contributed by atoms with E-state index in [0.717, 1.165) is 25.7 Å². The highest BCUT2D eigenvalue weighted by Gasteiger charge is 2.41. The second kappa shape index (κ2) is 6.71. The van der Waals surface area contributed by atoms with Gasteiger partial charge in [-0.3, -0.25) is 4.79 Å². The Morgan fingerprint density at radius 3 is 2.32 bits per heavy atom. The maximum absolute atomic E-state index is 12.9. The summed E-state index contributed by atoms with van der Waals surface area (Å²) in [4.78, 5) is 14.9. The number of carbonyl (C=O) groups is 1. The summed E-state index contributed by atoms with van der Waals surface area (Å²) < 4.78 is 5.40. The molecule has 19 heavy (non-hydrogen) atoms. The zero-order valence-electron chi connectivity index (χ0n) is 12.2. The maximum atomic E-state index is 12.9. The summed E-state index contributed by atoms with van der Waals surface area (Å²) in [6.07, 6.45) is 8.99. The molecule has 1 aliphatic heterocycles. The van der Waals surface area contributed by atoms with Crippen molar-refractivity contribution in [1.29, 1.82) is 0 Å². The zero-order valence-corrected chi connectivity index (χ0v) is 12.2. The predicted molar refractivity (Wildman–Crippen MR) is 75.8 cm³/mol. The SMILES string of the molecule is CN(C(=O)C1(CN)CCOCC1)C1CCCCCC1. The van der Waals surface area contributed by atoms with E-state index in [0.29, 0.717) is 25.8 Å². The average molecular weight is 268 g/mol. The van der Waals surface area contributed by atoms with E-state index in [9.17, 15) is 4.79 Å². The van der Waals surface area contributed by atoms with Gasteiger partial charge in [-0.25, -0.2) is 0 Å². The van der Waals surface area contributed by atoms with Gasteiger partial charge in [0.25, 0.3) is 0 Å². The number of carbonyl (C=O) groups excluding carboxylic acids is 1. The molecule has 1 aliphatic carbocycles. The van der Waals surface area contributed by atoms with Crippen LogP contribution in [0.5, 0.6) is 0 Å². The number of hydrogen-bond acceptors (Lipinski definition) is 3. The predicted octanol–water partition coefficient (Wildman–Crippen LogP) is 1.92. The molecular formula is C15H28N2O2. The Hall–Kier alpha value is -0.610. The van der Waals surface area contributed by atoms with E-state index in [1.165, 1.54) is 25.7 Å². The first kappa shape index (κ1) is 14.8. The van der Waals surface area contributed by atoms with Gasteiger partial charge in [0.2, 0.25) is 5.91 Å². The van der Waals surface area contributed by atoms with Crippen molar-refractivity contribution in [3.63, 3.8) is 0 Å². The third-order valence-corrected chi connectivity index (χ3v) is 4.99. The van der Waals surface area contributed by atoms with Crippen LogP contribution in [0.4, 0.5) is 0 Å². The van der Waals surface area contributed by atoms with Crippen molar-refractivity contribution < 1.29 is 9.53 Å². The Balaban J connectivity index is 2.03. The van der Waals surface area contributed by atoms with Gasteiger partial charge in [-0.1, -0.05) is 25.7 Å². The first-order valence-electron chi connectivity index (χ1n) is 7.75. The normalized spacial score (nSPS) is 24.7. The van der Waals surface area contributed by atoms with Gasteiger partial charge in [0, 0.05) is 32.8 Å². The molecule has 1 saturated carbocycles. The fourth-order valence-electron chi connectivity index (χ4n) is 3.45. The molecule has 1 amide bonds. The molecule has 0 aromatic carbocycles. The molecule has 2 fully saturated rings. The van der Waals surface area contributed by atoms with Crippen molar-refractivity contribution in [1.82, 2.24) is 4.90 Å². The highest BCUT2D eigenvalue weighted by atomic mass is 16.5. The van der Waals surface area contributed by atoms with Crippen molar-refractivity contribution >= 4 is 5.91 Å². The van der Waals surface area contributed by atoms with E-state index in [1.807, 2.05) is 11.9 Å². The first-order valence-corrected chi connectivity index (χ1v) is 7.75. The molecule has 2 rings (SSSR count). The summed E-state index contributed by atoms with van der Waals surface area (Å²) in [7, 11) is 1.98. The molecule has 1 heterocycles. The van der Waals surface area contributed by atoms with Crippen LogP contribution >= 0.6 is 0 Å². The minimum absolute atomic E-state index is 0.255. The smallest absolute Gasteiger partial charge is 0.230 e. The second-order valence-corrected chi connectivity index (χ2v) is 6.16. The van der Waals surface area contributed by atoms with Crippen molar-refractivity contribution in [3.05, 3.63) is 0 Å². The fourth-order valence-corrected chi connectivity index (χ4v) is 3.45.